The maximum atomic E-state index is 11.6. The molecule has 1 aliphatic rings. The predicted octanol–water partition coefficient (Wildman–Crippen LogP) is 2.30. The van der Waals surface area contributed by atoms with Crippen molar-refractivity contribution in [2.75, 3.05) is 7.11 Å². The van der Waals surface area contributed by atoms with E-state index in [9.17, 15) is 14.7 Å². The van der Waals surface area contributed by atoms with Crippen molar-refractivity contribution in [3.63, 3.8) is 0 Å². The number of rotatable bonds is 5. The van der Waals surface area contributed by atoms with Crippen LogP contribution in [0.3, 0.4) is 0 Å². The predicted molar refractivity (Wildman–Crippen MR) is 66.7 cm³/mol. The minimum absolute atomic E-state index is 0.00503. The van der Waals surface area contributed by atoms with Crippen LogP contribution in [-0.4, -0.2) is 29.7 Å². The molecule has 0 amide bonds. The molecule has 0 aliphatic heterocycles. The quantitative estimate of drug-likeness (QED) is 0.340. The van der Waals surface area contributed by atoms with Gasteiger partial charge in [0, 0.05) is 25.0 Å². The van der Waals surface area contributed by atoms with E-state index in [0.29, 0.717) is 44.9 Å². The Bertz CT molecular complexity index is 366. The zero-order valence-electron chi connectivity index (χ0n) is 10.6. The van der Waals surface area contributed by atoms with Crippen molar-refractivity contribution in [2.45, 2.75) is 44.9 Å². The second-order valence-corrected chi connectivity index (χ2v) is 4.36. The molecule has 0 bridgehead atoms. The molecule has 0 aromatic heterocycles. The average molecular weight is 253 g/mol. The van der Waals surface area contributed by atoms with Crippen molar-refractivity contribution in [1.82, 2.24) is 0 Å². The summed E-state index contributed by atoms with van der Waals surface area (Å²) in [5.74, 6) is -0.421. The minimum Gasteiger partial charge on any atom is -0.511 e. The molecule has 0 unspecified atom stereocenters. The van der Waals surface area contributed by atoms with Crippen LogP contribution in [0.1, 0.15) is 44.9 Å². The first-order valence-corrected chi connectivity index (χ1v) is 6.16. The van der Waals surface area contributed by atoms with Crippen LogP contribution in [0.5, 0.6) is 0 Å². The molecule has 5 heteroatoms. The molecule has 2 N–H and O–H groups in total. The van der Waals surface area contributed by atoms with Gasteiger partial charge in [-0.3, -0.25) is 9.59 Å². The second-order valence-electron chi connectivity index (χ2n) is 4.36. The third-order valence-electron chi connectivity index (χ3n) is 2.97. The number of carbonyl (C=O) groups excluding carboxylic acids is 2. The molecule has 0 aromatic rings. The van der Waals surface area contributed by atoms with Crippen LogP contribution in [0.25, 0.3) is 0 Å². The summed E-state index contributed by atoms with van der Waals surface area (Å²) in [6, 6.07) is 0. The Balaban J connectivity index is 2.47. The molecular weight excluding hydrogens is 234 g/mol. The van der Waals surface area contributed by atoms with Gasteiger partial charge >= 0.3 is 5.97 Å². The molecule has 1 rings (SSSR count). The van der Waals surface area contributed by atoms with Crippen molar-refractivity contribution in [1.29, 1.82) is 5.41 Å². The van der Waals surface area contributed by atoms with Gasteiger partial charge < -0.3 is 15.3 Å². The van der Waals surface area contributed by atoms with Crippen molar-refractivity contribution in [3.8, 4) is 0 Å². The molecule has 1 aliphatic carbocycles. The molecule has 1 fully saturated rings. The van der Waals surface area contributed by atoms with Crippen LogP contribution in [0.2, 0.25) is 0 Å². The smallest absolute Gasteiger partial charge is 0.305 e. The van der Waals surface area contributed by atoms with Crippen LogP contribution < -0.4 is 0 Å². The van der Waals surface area contributed by atoms with Crippen molar-refractivity contribution in [2.24, 2.45) is 0 Å². The number of allylic oxidation sites excluding steroid dienone is 2. The molecule has 0 saturated heterocycles. The van der Waals surface area contributed by atoms with E-state index in [2.05, 4.69) is 4.74 Å². The summed E-state index contributed by atoms with van der Waals surface area (Å²) in [5, 5.41) is 17.5. The fourth-order valence-corrected chi connectivity index (χ4v) is 1.97. The first-order valence-electron chi connectivity index (χ1n) is 6.16. The van der Waals surface area contributed by atoms with Gasteiger partial charge in [-0.05, 0) is 25.7 Å². The molecule has 100 valence electrons. The van der Waals surface area contributed by atoms with E-state index in [-0.39, 0.29) is 28.8 Å². The number of aliphatic hydroxyl groups is 1. The number of Topliss-reactive ketones (excluding diaryl/α,β-unsaturated/α-hetero) is 1. The first kappa shape index (κ1) is 14.4. The standard InChI is InChI=1S/C13H19NO4/c1-18-12(17)8-3-2-6-10(15)13-9(14)5-4-7-11(13)16/h14-15H,2-8H2,1H3/b13-10+,14-9?. The Hall–Kier alpha value is -1.65. The summed E-state index contributed by atoms with van der Waals surface area (Å²) in [5.41, 5.74) is 0.427. The zero-order valence-corrected chi connectivity index (χ0v) is 10.6. The molecule has 0 radical (unpaired) electrons. The van der Waals surface area contributed by atoms with Gasteiger partial charge in [0.15, 0.2) is 5.78 Å². The maximum absolute atomic E-state index is 11.6. The summed E-state index contributed by atoms with van der Waals surface area (Å²) >= 11 is 0. The average Bonchev–Trinajstić information content (AvgIpc) is 2.34. The van der Waals surface area contributed by atoms with E-state index in [0.717, 1.165) is 0 Å². The summed E-state index contributed by atoms with van der Waals surface area (Å²) in [4.78, 5) is 22.5. The van der Waals surface area contributed by atoms with Crippen LogP contribution in [-0.2, 0) is 14.3 Å². The highest BCUT2D eigenvalue weighted by atomic mass is 16.5. The van der Waals surface area contributed by atoms with Crippen molar-refractivity contribution in [3.05, 3.63) is 11.3 Å². The number of unbranched alkanes of at least 4 members (excludes halogenated alkanes) is 1. The normalized spacial score (nSPS) is 18.7. The Morgan fingerprint density at radius 3 is 2.61 bits per heavy atom. The van der Waals surface area contributed by atoms with E-state index < -0.39 is 0 Å². The second kappa shape index (κ2) is 6.93. The van der Waals surface area contributed by atoms with Crippen LogP contribution in [0.4, 0.5) is 0 Å². The molecule has 1 saturated carbocycles. The van der Waals surface area contributed by atoms with Crippen LogP contribution in [0.15, 0.2) is 11.3 Å². The summed E-state index contributed by atoms with van der Waals surface area (Å²) in [6.45, 7) is 0. The van der Waals surface area contributed by atoms with Gasteiger partial charge in [-0.2, -0.15) is 0 Å². The van der Waals surface area contributed by atoms with Gasteiger partial charge in [0.2, 0.25) is 0 Å². The molecule has 0 aromatic carbocycles. The lowest BCUT2D eigenvalue weighted by Crippen LogP contribution is -2.20. The monoisotopic (exact) mass is 253 g/mol. The van der Waals surface area contributed by atoms with Crippen molar-refractivity contribution >= 4 is 17.5 Å². The van der Waals surface area contributed by atoms with Gasteiger partial charge in [-0.25, -0.2) is 0 Å². The minimum atomic E-state index is -0.274. The number of ether oxygens (including phenoxy) is 1. The topological polar surface area (TPSA) is 87.4 Å². The third kappa shape index (κ3) is 3.98. The number of nitrogens with one attached hydrogen (secondary N) is 1. The number of esters is 1. The van der Waals surface area contributed by atoms with E-state index >= 15 is 0 Å². The first-order chi connectivity index (χ1) is 8.56. The lowest BCUT2D eigenvalue weighted by molar-refractivity contribution is -0.140. The lowest BCUT2D eigenvalue weighted by atomic mass is 9.89. The number of methoxy groups -OCH3 is 1. The Morgan fingerprint density at radius 1 is 1.33 bits per heavy atom. The number of ketones is 1. The van der Waals surface area contributed by atoms with E-state index in [1.807, 2.05) is 0 Å². The van der Waals surface area contributed by atoms with E-state index in [1.54, 1.807) is 0 Å². The SMILES string of the molecule is COC(=O)CCCC/C(O)=C1/C(=N)CCCC1=O. The third-order valence-corrected chi connectivity index (χ3v) is 2.97. The lowest BCUT2D eigenvalue weighted by Gasteiger charge is -2.16. The molecular formula is C13H19NO4. The largest absolute Gasteiger partial charge is 0.511 e. The molecule has 0 heterocycles. The molecule has 5 nitrogen and oxygen atoms in total. The number of hydrogen-bond acceptors (Lipinski definition) is 5. The fraction of sp³-hybridized carbons (Fsp3) is 0.615. The fourth-order valence-electron chi connectivity index (χ4n) is 1.97. The number of hydrogen-bond donors (Lipinski definition) is 2. The van der Waals surface area contributed by atoms with Gasteiger partial charge in [0.1, 0.15) is 5.76 Å². The van der Waals surface area contributed by atoms with Crippen LogP contribution >= 0.6 is 0 Å². The van der Waals surface area contributed by atoms with Crippen molar-refractivity contribution < 1.29 is 19.4 Å². The van der Waals surface area contributed by atoms with E-state index in [4.69, 9.17) is 5.41 Å². The Kier molecular flexibility index (Phi) is 5.55. The van der Waals surface area contributed by atoms with Crippen LogP contribution in [0, 0.1) is 5.41 Å². The van der Waals surface area contributed by atoms with Gasteiger partial charge in [-0.1, -0.05) is 0 Å². The maximum Gasteiger partial charge on any atom is 0.305 e. The Labute approximate surface area is 106 Å². The highest BCUT2D eigenvalue weighted by Crippen LogP contribution is 2.21. The van der Waals surface area contributed by atoms with E-state index in [1.165, 1.54) is 7.11 Å². The van der Waals surface area contributed by atoms with Gasteiger partial charge in [0.25, 0.3) is 0 Å². The van der Waals surface area contributed by atoms with Gasteiger partial charge in [-0.15, -0.1) is 0 Å². The summed E-state index contributed by atoms with van der Waals surface area (Å²) in [7, 11) is 1.34. The van der Waals surface area contributed by atoms with Gasteiger partial charge in [0.05, 0.1) is 12.7 Å². The number of carbonyl (C=O) groups is 2. The molecule has 0 spiro atoms. The number of aliphatic hydroxyl groups excluding tert-OH is 1. The highest BCUT2D eigenvalue weighted by molar-refractivity contribution is 6.23. The summed E-state index contributed by atoms with van der Waals surface area (Å²) < 4.78 is 4.51. The molecule has 0 atom stereocenters. The summed E-state index contributed by atoms with van der Waals surface area (Å²) in [6.07, 6.45) is 3.50. The Morgan fingerprint density at radius 2 is 2.00 bits per heavy atom. The highest BCUT2D eigenvalue weighted by Gasteiger charge is 2.23. The zero-order chi connectivity index (χ0) is 13.5. The molecule has 18 heavy (non-hydrogen) atoms.